The molecule has 3 aromatic heterocycles. The number of rotatable bonds is 3. The third kappa shape index (κ3) is 2.60. The standard InChI is InChI=1S/C22H19BN4O/c1-27-17-11-18(28-2)21(16-8-4-6-13-5-3-7-15(13)16)25-22(17)20(26-27)14-9-10-19(23)24-12-14/h4,6,8-12H,3,5,7H2,1-2H3. The molecule has 2 radical (unpaired) electrons. The molecule has 5 nitrogen and oxygen atoms in total. The van der Waals surface area contributed by atoms with E-state index in [2.05, 4.69) is 23.2 Å². The van der Waals surface area contributed by atoms with E-state index < -0.39 is 0 Å². The maximum atomic E-state index is 5.74. The number of hydrogen-bond donors (Lipinski definition) is 0. The van der Waals surface area contributed by atoms with Gasteiger partial charge < -0.3 is 4.74 Å². The molecule has 0 saturated carbocycles. The second-order valence-electron chi connectivity index (χ2n) is 7.15. The van der Waals surface area contributed by atoms with Crippen LogP contribution in [-0.2, 0) is 19.9 Å². The van der Waals surface area contributed by atoms with Crippen molar-refractivity contribution in [1.29, 1.82) is 0 Å². The fourth-order valence-electron chi connectivity index (χ4n) is 4.09. The molecule has 0 unspecified atom stereocenters. The van der Waals surface area contributed by atoms with Crippen molar-refractivity contribution >= 4 is 24.5 Å². The first-order valence-corrected chi connectivity index (χ1v) is 9.40. The molecule has 28 heavy (non-hydrogen) atoms. The van der Waals surface area contributed by atoms with Crippen LogP contribution in [0.5, 0.6) is 5.75 Å². The number of methoxy groups -OCH3 is 1. The number of pyridine rings is 2. The number of aryl methyl sites for hydroxylation is 2. The van der Waals surface area contributed by atoms with Crippen LogP contribution in [-0.4, -0.2) is 34.7 Å². The molecule has 0 aliphatic heterocycles. The Morgan fingerprint density at radius 3 is 2.79 bits per heavy atom. The SMILES string of the molecule is [B]c1ccc(-c2nn(C)c3cc(OC)c(-c4cccc5c4CCC5)nc23)cn1. The lowest BCUT2D eigenvalue weighted by molar-refractivity contribution is 0.415. The van der Waals surface area contributed by atoms with Gasteiger partial charge in [-0.25, -0.2) is 4.98 Å². The zero-order chi connectivity index (χ0) is 19.3. The fourth-order valence-corrected chi connectivity index (χ4v) is 4.09. The van der Waals surface area contributed by atoms with Gasteiger partial charge in [-0.05, 0) is 36.0 Å². The molecule has 0 atom stereocenters. The summed E-state index contributed by atoms with van der Waals surface area (Å²) < 4.78 is 7.55. The van der Waals surface area contributed by atoms with Gasteiger partial charge in [0, 0.05) is 30.4 Å². The van der Waals surface area contributed by atoms with E-state index in [1.54, 1.807) is 19.4 Å². The fraction of sp³-hybridized carbons (Fsp3) is 0.227. The minimum Gasteiger partial charge on any atom is -0.494 e. The molecule has 1 aliphatic carbocycles. The Morgan fingerprint density at radius 1 is 1.11 bits per heavy atom. The van der Waals surface area contributed by atoms with Gasteiger partial charge in [0.1, 0.15) is 30.5 Å². The van der Waals surface area contributed by atoms with Gasteiger partial charge in [-0.3, -0.25) is 9.67 Å². The number of hydrogen-bond acceptors (Lipinski definition) is 4. The second-order valence-corrected chi connectivity index (χ2v) is 7.15. The smallest absolute Gasteiger partial charge is 0.147 e. The Hall–Kier alpha value is -3.15. The first-order valence-electron chi connectivity index (χ1n) is 9.40. The zero-order valence-corrected chi connectivity index (χ0v) is 15.9. The molecule has 0 saturated heterocycles. The van der Waals surface area contributed by atoms with E-state index in [1.165, 1.54) is 17.5 Å². The first-order chi connectivity index (χ1) is 13.7. The second kappa shape index (κ2) is 6.48. The highest BCUT2D eigenvalue weighted by atomic mass is 16.5. The quantitative estimate of drug-likeness (QED) is 0.523. The Balaban J connectivity index is 1.78. The van der Waals surface area contributed by atoms with Gasteiger partial charge in [0.2, 0.25) is 0 Å². The summed E-state index contributed by atoms with van der Waals surface area (Å²) in [6.07, 6.45) is 5.13. The van der Waals surface area contributed by atoms with E-state index in [4.69, 9.17) is 22.7 Å². The number of benzene rings is 1. The topological polar surface area (TPSA) is 52.8 Å². The molecule has 6 heteroatoms. The van der Waals surface area contributed by atoms with E-state index in [1.807, 2.05) is 23.9 Å². The Labute approximate surface area is 164 Å². The van der Waals surface area contributed by atoms with Crippen molar-refractivity contribution in [3.63, 3.8) is 0 Å². The largest absolute Gasteiger partial charge is 0.494 e. The summed E-state index contributed by atoms with van der Waals surface area (Å²) in [5, 5.41) is 4.69. The summed E-state index contributed by atoms with van der Waals surface area (Å²) in [6, 6.07) is 12.2. The molecule has 5 rings (SSSR count). The van der Waals surface area contributed by atoms with Crippen LogP contribution in [0.3, 0.4) is 0 Å². The van der Waals surface area contributed by atoms with Crippen LogP contribution in [0.25, 0.3) is 33.5 Å². The number of nitrogens with zero attached hydrogens (tertiary/aromatic N) is 4. The first kappa shape index (κ1) is 17.0. The van der Waals surface area contributed by atoms with Gasteiger partial charge in [-0.1, -0.05) is 30.3 Å². The summed E-state index contributed by atoms with van der Waals surface area (Å²) in [5.74, 6) is 0.762. The third-order valence-corrected chi connectivity index (χ3v) is 5.47. The van der Waals surface area contributed by atoms with Crippen molar-refractivity contribution in [2.24, 2.45) is 7.05 Å². The minimum atomic E-state index is 0.485. The molecule has 0 N–H and O–H groups in total. The highest BCUT2D eigenvalue weighted by molar-refractivity contribution is 6.30. The van der Waals surface area contributed by atoms with Gasteiger partial charge >= 0.3 is 0 Å². The minimum absolute atomic E-state index is 0.485. The predicted molar refractivity (Wildman–Crippen MR) is 111 cm³/mol. The molecule has 3 heterocycles. The van der Waals surface area contributed by atoms with Crippen LogP contribution < -0.4 is 10.3 Å². The monoisotopic (exact) mass is 366 g/mol. The average molecular weight is 366 g/mol. The molecular weight excluding hydrogens is 347 g/mol. The van der Waals surface area contributed by atoms with Crippen LogP contribution in [0.15, 0.2) is 42.6 Å². The lowest BCUT2D eigenvalue weighted by Crippen LogP contribution is -2.06. The molecule has 1 aromatic carbocycles. The molecule has 0 spiro atoms. The number of ether oxygens (including phenoxy) is 1. The maximum absolute atomic E-state index is 5.74. The van der Waals surface area contributed by atoms with E-state index in [0.29, 0.717) is 5.59 Å². The van der Waals surface area contributed by atoms with E-state index in [9.17, 15) is 0 Å². The van der Waals surface area contributed by atoms with Crippen LogP contribution in [0.2, 0.25) is 0 Å². The van der Waals surface area contributed by atoms with E-state index in [-0.39, 0.29) is 0 Å². The van der Waals surface area contributed by atoms with Crippen molar-refractivity contribution in [1.82, 2.24) is 19.7 Å². The van der Waals surface area contributed by atoms with Gasteiger partial charge in [0.25, 0.3) is 0 Å². The summed E-state index contributed by atoms with van der Waals surface area (Å²) in [7, 11) is 9.35. The summed E-state index contributed by atoms with van der Waals surface area (Å²) in [5.41, 5.74) is 8.73. The van der Waals surface area contributed by atoms with Crippen molar-refractivity contribution in [3.05, 3.63) is 53.7 Å². The van der Waals surface area contributed by atoms with Crippen LogP contribution in [0.4, 0.5) is 0 Å². The van der Waals surface area contributed by atoms with Crippen LogP contribution >= 0.6 is 0 Å². The van der Waals surface area contributed by atoms with E-state index in [0.717, 1.165) is 52.1 Å². The van der Waals surface area contributed by atoms with Gasteiger partial charge in [-0.2, -0.15) is 5.10 Å². The molecule has 136 valence electrons. The molecule has 0 amide bonds. The van der Waals surface area contributed by atoms with Gasteiger partial charge in [0.15, 0.2) is 0 Å². The third-order valence-electron chi connectivity index (χ3n) is 5.47. The Kier molecular flexibility index (Phi) is 3.93. The van der Waals surface area contributed by atoms with Crippen molar-refractivity contribution in [3.8, 4) is 28.3 Å². The highest BCUT2D eigenvalue weighted by Gasteiger charge is 2.22. The normalized spacial score (nSPS) is 13.1. The lowest BCUT2D eigenvalue weighted by Gasteiger charge is -2.12. The molecule has 1 aliphatic rings. The Morgan fingerprint density at radius 2 is 2.00 bits per heavy atom. The lowest BCUT2D eigenvalue weighted by atomic mass is 9.99. The van der Waals surface area contributed by atoms with Crippen molar-refractivity contribution in [2.45, 2.75) is 19.3 Å². The van der Waals surface area contributed by atoms with Crippen LogP contribution in [0.1, 0.15) is 17.5 Å². The molecule has 0 bridgehead atoms. The summed E-state index contributed by atoms with van der Waals surface area (Å²) in [6.45, 7) is 0. The molecule has 0 fully saturated rings. The maximum Gasteiger partial charge on any atom is 0.147 e. The van der Waals surface area contributed by atoms with Gasteiger partial charge in [0.05, 0.1) is 12.6 Å². The predicted octanol–water partition coefficient (Wildman–Crippen LogP) is 2.99. The van der Waals surface area contributed by atoms with Crippen molar-refractivity contribution < 1.29 is 4.74 Å². The molecule has 4 aromatic rings. The average Bonchev–Trinajstić information content (AvgIpc) is 3.32. The number of fused-ring (bicyclic) bond motifs is 2. The molecular formula is C22H19BN4O. The summed E-state index contributed by atoms with van der Waals surface area (Å²) >= 11 is 0. The van der Waals surface area contributed by atoms with Gasteiger partial charge in [-0.15, -0.1) is 0 Å². The Bertz CT molecular complexity index is 1200. The summed E-state index contributed by atoms with van der Waals surface area (Å²) in [4.78, 5) is 9.26. The van der Waals surface area contributed by atoms with E-state index >= 15 is 0 Å². The number of aromatic nitrogens is 4. The highest BCUT2D eigenvalue weighted by Crippen LogP contribution is 2.39. The van der Waals surface area contributed by atoms with Crippen LogP contribution in [0, 0.1) is 0 Å². The zero-order valence-electron chi connectivity index (χ0n) is 15.9. The van der Waals surface area contributed by atoms with Crippen molar-refractivity contribution in [2.75, 3.05) is 7.11 Å².